The van der Waals surface area contributed by atoms with E-state index in [9.17, 15) is 0 Å². The lowest BCUT2D eigenvalue weighted by Crippen LogP contribution is -2.20. The van der Waals surface area contributed by atoms with Crippen LogP contribution in [0.25, 0.3) is 5.95 Å². The fourth-order valence-corrected chi connectivity index (χ4v) is 1.62. The first-order chi connectivity index (χ1) is 9.72. The van der Waals surface area contributed by atoms with Crippen molar-refractivity contribution >= 4 is 11.9 Å². The Morgan fingerprint density at radius 3 is 2.75 bits per heavy atom. The Morgan fingerprint density at radius 2 is 2.10 bits per heavy atom. The quantitative estimate of drug-likeness (QED) is 0.778. The Bertz CT molecular complexity index is 529. The highest BCUT2D eigenvalue weighted by Gasteiger charge is 2.09. The maximum atomic E-state index is 5.06. The zero-order chi connectivity index (χ0) is 14.4. The predicted octanol–water partition coefficient (Wildman–Crippen LogP) is 0.936. The third-order valence-electron chi connectivity index (χ3n) is 2.71. The van der Waals surface area contributed by atoms with Gasteiger partial charge in [0.2, 0.25) is 17.8 Å². The summed E-state index contributed by atoms with van der Waals surface area (Å²) in [7, 11) is 3.46. The second kappa shape index (κ2) is 6.80. The van der Waals surface area contributed by atoms with Crippen molar-refractivity contribution in [2.75, 3.05) is 31.4 Å². The first kappa shape index (κ1) is 14.2. The Hall–Kier alpha value is -2.22. The van der Waals surface area contributed by atoms with E-state index in [4.69, 9.17) is 4.74 Å². The number of rotatable bonds is 7. The van der Waals surface area contributed by atoms with E-state index >= 15 is 0 Å². The molecule has 0 spiro atoms. The summed E-state index contributed by atoms with van der Waals surface area (Å²) in [5.74, 6) is 1.55. The second-order valence-corrected chi connectivity index (χ2v) is 4.33. The van der Waals surface area contributed by atoms with E-state index in [1.54, 1.807) is 37.4 Å². The molecule has 1 atom stereocenters. The molecule has 1 unspecified atom stereocenters. The SMILES string of the molecule is CNc1nc(NC(C)CCOC)nc(-n2ccnc2)n1. The number of aromatic nitrogens is 5. The van der Waals surface area contributed by atoms with E-state index in [1.165, 1.54) is 0 Å². The van der Waals surface area contributed by atoms with Crippen LogP contribution in [0.1, 0.15) is 13.3 Å². The third kappa shape index (κ3) is 3.64. The minimum absolute atomic E-state index is 0.206. The van der Waals surface area contributed by atoms with E-state index in [2.05, 4.69) is 37.5 Å². The van der Waals surface area contributed by atoms with E-state index in [1.807, 2.05) is 0 Å². The molecule has 0 aliphatic carbocycles. The number of hydrogen-bond donors (Lipinski definition) is 2. The van der Waals surface area contributed by atoms with Gasteiger partial charge in [-0.2, -0.15) is 15.0 Å². The maximum absolute atomic E-state index is 5.06. The van der Waals surface area contributed by atoms with Crippen LogP contribution in [0, 0.1) is 0 Å². The van der Waals surface area contributed by atoms with Crippen molar-refractivity contribution in [3.8, 4) is 5.95 Å². The lowest BCUT2D eigenvalue weighted by Gasteiger charge is -2.14. The maximum Gasteiger partial charge on any atom is 0.241 e. The first-order valence-corrected chi connectivity index (χ1v) is 6.40. The molecule has 2 aromatic rings. The van der Waals surface area contributed by atoms with Crippen molar-refractivity contribution in [3.05, 3.63) is 18.7 Å². The molecule has 20 heavy (non-hydrogen) atoms. The summed E-state index contributed by atoms with van der Waals surface area (Å²) in [4.78, 5) is 17.0. The number of nitrogens with one attached hydrogen (secondary N) is 2. The molecular weight excluding hydrogens is 258 g/mol. The molecule has 8 heteroatoms. The Labute approximate surface area is 117 Å². The molecule has 0 amide bonds. The molecule has 0 aliphatic heterocycles. The molecule has 0 saturated heterocycles. The summed E-state index contributed by atoms with van der Waals surface area (Å²) in [6.45, 7) is 2.74. The van der Waals surface area contributed by atoms with Crippen LogP contribution in [0.5, 0.6) is 0 Å². The van der Waals surface area contributed by atoms with Crippen LogP contribution in [-0.4, -0.2) is 51.3 Å². The fourth-order valence-electron chi connectivity index (χ4n) is 1.62. The first-order valence-electron chi connectivity index (χ1n) is 6.40. The van der Waals surface area contributed by atoms with E-state index in [0.29, 0.717) is 24.5 Å². The smallest absolute Gasteiger partial charge is 0.241 e. The van der Waals surface area contributed by atoms with Crippen LogP contribution in [0.4, 0.5) is 11.9 Å². The van der Waals surface area contributed by atoms with E-state index in [0.717, 1.165) is 6.42 Å². The monoisotopic (exact) mass is 277 g/mol. The van der Waals surface area contributed by atoms with Gasteiger partial charge in [-0.15, -0.1) is 0 Å². The van der Waals surface area contributed by atoms with Gasteiger partial charge in [-0.25, -0.2) is 4.98 Å². The largest absolute Gasteiger partial charge is 0.385 e. The number of imidazole rings is 1. The zero-order valence-electron chi connectivity index (χ0n) is 11.9. The topological polar surface area (TPSA) is 89.8 Å². The summed E-state index contributed by atoms with van der Waals surface area (Å²) in [6, 6.07) is 0.206. The van der Waals surface area contributed by atoms with Gasteiger partial charge >= 0.3 is 0 Å². The summed E-state index contributed by atoms with van der Waals surface area (Å²) in [6.07, 6.45) is 5.98. The van der Waals surface area contributed by atoms with Crippen LogP contribution < -0.4 is 10.6 Å². The Kier molecular flexibility index (Phi) is 4.83. The van der Waals surface area contributed by atoms with Gasteiger partial charge in [-0.3, -0.25) is 4.57 Å². The summed E-state index contributed by atoms with van der Waals surface area (Å²) in [5, 5.41) is 6.16. The number of methoxy groups -OCH3 is 1. The van der Waals surface area contributed by atoms with Gasteiger partial charge in [-0.1, -0.05) is 0 Å². The van der Waals surface area contributed by atoms with Crippen molar-refractivity contribution in [1.29, 1.82) is 0 Å². The molecule has 0 fully saturated rings. The molecule has 2 N–H and O–H groups in total. The van der Waals surface area contributed by atoms with Gasteiger partial charge in [0.15, 0.2) is 0 Å². The van der Waals surface area contributed by atoms with Gasteiger partial charge in [0.25, 0.3) is 0 Å². The average molecular weight is 277 g/mol. The summed E-state index contributed by atoms with van der Waals surface area (Å²) in [5.41, 5.74) is 0. The average Bonchev–Trinajstić information content (AvgIpc) is 2.99. The van der Waals surface area contributed by atoms with Crippen molar-refractivity contribution < 1.29 is 4.74 Å². The molecule has 2 aromatic heterocycles. The normalized spacial score (nSPS) is 12.2. The highest BCUT2D eigenvalue weighted by molar-refractivity contribution is 5.38. The molecule has 8 nitrogen and oxygen atoms in total. The lowest BCUT2D eigenvalue weighted by molar-refractivity contribution is 0.191. The van der Waals surface area contributed by atoms with Crippen molar-refractivity contribution in [3.63, 3.8) is 0 Å². The number of ether oxygens (including phenoxy) is 1. The summed E-state index contributed by atoms with van der Waals surface area (Å²) < 4.78 is 6.79. The molecule has 2 heterocycles. The third-order valence-corrected chi connectivity index (χ3v) is 2.71. The fraction of sp³-hybridized carbons (Fsp3) is 0.500. The van der Waals surface area contributed by atoms with Gasteiger partial charge in [0.1, 0.15) is 6.33 Å². The molecule has 0 bridgehead atoms. The highest BCUT2D eigenvalue weighted by atomic mass is 16.5. The van der Waals surface area contributed by atoms with Crippen LogP contribution in [0.15, 0.2) is 18.7 Å². The molecule has 0 aliphatic rings. The van der Waals surface area contributed by atoms with Gasteiger partial charge in [0, 0.05) is 39.2 Å². The molecule has 108 valence electrons. The highest BCUT2D eigenvalue weighted by Crippen LogP contribution is 2.10. The molecule has 0 radical (unpaired) electrons. The number of nitrogens with zero attached hydrogens (tertiary/aromatic N) is 5. The summed E-state index contributed by atoms with van der Waals surface area (Å²) >= 11 is 0. The number of hydrogen-bond acceptors (Lipinski definition) is 7. The number of anilines is 2. The lowest BCUT2D eigenvalue weighted by atomic mass is 10.2. The van der Waals surface area contributed by atoms with E-state index in [-0.39, 0.29) is 6.04 Å². The van der Waals surface area contributed by atoms with Crippen molar-refractivity contribution in [1.82, 2.24) is 24.5 Å². The molecule has 0 saturated carbocycles. The van der Waals surface area contributed by atoms with Crippen molar-refractivity contribution in [2.45, 2.75) is 19.4 Å². The molecular formula is C12H19N7O. The predicted molar refractivity (Wildman–Crippen MR) is 76.1 cm³/mol. The Balaban J connectivity index is 2.18. The van der Waals surface area contributed by atoms with Gasteiger partial charge in [0.05, 0.1) is 0 Å². The van der Waals surface area contributed by atoms with Crippen LogP contribution in [0.2, 0.25) is 0 Å². The van der Waals surface area contributed by atoms with E-state index < -0.39 is 0 Å². The minimum Gasteiger partial charge on any atom is -0.385 e. The second-order valence-electron chi connectivity index (χ2n) is 4.33. The minimum atomic E-state index is 0.206. The van der Waals surface area contributed by atoms with Gasteiger partial charge in [-0.05, 0) is 13.3 Å². The zero-order valence-corrected chi connectivity index (χ0v) is 11.9. The molecule has 2 rings (SSSR count). The van der Waals surface area contributed by atoms with Crippen LogP contribution in [-0.2, 0) is 4.74 Å². The Morgan fingerprint density at radius 1 is 1.30 bits per heavy atom. The molecule has 0 aromatic carbocycles. The standard InChI is InChI=1S/C12H19N7O/c1-9(4-7-20-3)15-11-16-10(13-2)17-12(18-11)19-6-5-14-8-19/h5-6,8-9H,4,7H2,1-3H3,(H2,13,15,16,17,18). The van der Waals surface area contributed by atoms with Gasteiger partial charge < -0.3 is 15.4 Å². The van der Waals surface area contributed by atoms with Crippen molar-refractivity contribution in [2.24, 2.45) is 0 Å². The van der Waals surface area contributed by atoms with Crippen LogP contribution in [0.3, 0.4) is 0 Å². The van der Waals surface area contributed by atoms with Crippen LogP contribution >= 0.6 is 0 Å².